The lowest BCUT2D eigenvalue weighted by atomic mass is 9.77. The lowest BCUT2D eigenvalue weighted by Gasteiger charge is -2.27. The molecule has 1 aliphatic carbocycles. The molecule has 0 bridgehead atoms. The van der Waals surface area contributed by atoms with E-state index < -0.39 is 0 Å². The average Bonchev–Trinajstić information content (AvgIpc) is 2.53. The first-order chi connectivity index (χ1) is 7.42. The Bertz CT molecular complexity index is 408. The molecule has 2 unspecified atom stereocenters. The highest BCUT2D eigenvalue weighted by molar-refractivity contribution is 6.20. The molecule has 0 radical (unpaired) electrons. The molecule has 0 N–H and O–H groups in total. The normalized spacial score (nSPS) is 29.7. The number of aryl methyl sites for hydroxylation is 3. The van der Waals surface area contributed by atoms with Crippen LogP contribution < -0.4 is 0 Å². The number of benzene rings is 1. The SMILES string of the molecule is Cc1cc(C)c(C2(C)CCC(Cl)C2)cc1C. The van der Waals surface area contributed by atoms with E-state index in [4.69, 9.17) is 11.6 Å². The third kappa shape index (κ3) is 2.00. The van der Waals surface area contributed by atoms with Crippen LogP contribution in [0.1, 0.15) is 48.4 Å². The first kappa shape index (κ1) is 12.0. The summed E-state index contributed by atoms with van der Waals surface area (Å²) in [6, 6.07) is 4.69. The minimum absolute atomic E-state index is 0.301. The zero-order chi connectivity index (χ0) is 11.9. The second-order valence-corrected chi connectivity index (χ2v) is 6.27. The van der Waals surface area contributed by atoms with Gasteiger partial charge in [-0.2, -0.15) is 0 Å². The van der Waals surface area contributed by atoms with Gasteiger partial charge in [0.1, 0.15) is 0 Å². The molecule has 88 valence electrons. The Morgan fingerprint density at radius 2 is 1.75 bits per heavy atom. The van der Waals surface area contributed by atoms with Crippen LogP contribution in [0.25, 0.3) is 0 Å². The molecule has 0 aromatic heterocycles. The fraction of sp³-hybridized carbons (Fsp3) is 0.600. The number of hydrogen-bond acceptors (Lipinski definition) is 0. The van der Waals surface area contributed by atoms with Gasteiger partial charge in [-0.1, -0.05) is 19.1 Å². The smallest absolute Gasteiger partial charge is 0.0344 e. The summed E-state index contributed by atoms with van der Waals surface area (Å²) in [6.45, 7) is 8.99. The van der Waals surface area contributed by atoms with Crippen molar-refractivity contribution in [2.24, 2.45) is 0 Å². The summed E-state index contributed by atoms with van der Waals surface area (Å²) in [5, 5.41) is 0.367. The van der Waals surface area contributed by atoms with Gasteiger partial charge in [0.25, 0.3) is 0 Å². The van der Waals surface area contributed by atoms with Gasteiger partial charge >= 0.3 is 0 Å². The third-order valence-corrected chi connectivity index (χ3v) is 4.54. The van der Waals surface area contributed by atoms with Crippen molar-refractivity contribution in [2.75, 3.05) is 0 Å². The predicted octanol–water partition coefficient (Wildman–Crippen LogP) is 4.66. The Hall–Kier alpha value is -0.490. The fourth-order valence-electron chi connectivity index (χ4n) is 3.02. The standard InChI is InChI=1S/C15H21Cl/c1-10-7-12(3)14(8-11(10)2)15(4)6-5-13(16)9-15/h7-8,13H,5-6,9H2,1-4H3. The van der Waals surface area contributed by atoms with Crippen LogP contribution in [0.15, 0.2) is 12.1 Å². The minimum atomic E-state index is 0.301. The first-order valence-corrected chi connectivity index (χ1v) is 6.58. The van der Waals surface area contributed by atoms with E-state index >= 15 is 0 Å². The Balaban J connectivity index is 2.44. The molecule has 1 saturated carbocycles. The maximum absolute atomic E-state index is 6.27. The summed E-state index contributed by atoms with van der Waals surface area (Å²) < 4.78 is 0. The van der Waals surface area contributed by atoms with E-state index in [0.29, 0.717) is 10.8 Å². The molecule has 0 heterocycles. The van der Waals surface area contributed by atoms with Crippen molar-refractivity contribution in [1.82, 2.24) is 0 Å². The number of rotatable bonds is 1. The average molecular weight is 237 g/mol. The molecule has 2 atom stereocenters. The highest BCUT2D eigenvalue weighted by Crippen LogP contribution is 2.44. The van der Waals surface area contributed by atoms with E-state index in [1.165, 1.54) is 28.7 Å². The van der Waals surface area contributed by atoms with E-state index in [1.54, 1.807) is 0 Å². The molecule has 0 aliphatic heterocycles. The Morgan fingerprint density at radius 3 is 2.31 bits per heavy atom. The van der Waals surface area contributed by atoms with Crippen molar-refractivity contribution in [2.45, 2.75) is 57.7 Å². The van der Waals surface area contributed by atoms with Crippen LogP contribution in [0.3, 0.4) is 0 Å². The topological polar surface area (TPSA) is 0 Å². The highest BCUT2D eigenvalue weighted by atomic mass is 35.5. The zero-order valence-corrected chi connectivity index (χ0v) is 11.5. The van der Waals surface area contributed by atoms with Crippen molar-refractivity contribution >= 4 is 11.6 Å². The summed E-state index contributed by atoms with van der Waals surface area (Å²) >= 11 is 6.27. The largest absolute Gasteiger partial charge is 0.123 e. The fourth-order valence-corrected chi connectivity index (χ4v) is 3.47. The van der Waals surface area contributed by atoms with Crippen molar-refractivity contribution in [3.63, 3.8) is 0 Å². The van der Waals surface area contributed by atoms with Gasteiger partial charge in [-0.15, -0.1) is 11.6 Å². The van der Waals surface area contributed by atoms with Crippen LogP contribution in [-0.2, 0) is 5.41 Å². The van der Waals surface area contributed by atoms with Gasteiger partial charge in [-0.3, -0.25) is 0 Å². The third-order valence-electron chi connectivity index (χ3n) is 4.17. The molecule has 0 saturated heterocycles. The quantitative estimate of drug-likeness (QED) is 0.622. The summed E-state index contributed by atoms with van der Waals surface area (Å²) in [7, 11) is 0. The Morgan fingerprint density at radius 1 is 1.12 bits per heavy atom. The molecule has 2 rings (SSSR count). The van der Waals surface area contributed by atoms with E-state index in [-0.39, 0.29) is 0 Å². The van der Waals surface area contributed by atoms with E-state index in [0.717, 1.165) is 12.8 Å². The monoisotopic (exact) mass is 236 g/mol. The van der Waals surface area contributed by atoms with Gasteiger partial charge in [0, 0.05) is 5.38 Å². The zero-order valence-electron chi connectivity index (χ0n) is 10.7. The molecule has 0 spiro atoms. The molecule has 16 heavy (non-hydrogen) atoms. The van der Waals surface area contributed by atoms with Crippen LogP contribution >= 0.6 is 11.6 Å². The lowest BCUT2D eigenvalue weighted by Crippen LogP contribution is -2.19. The van der Waals surface area contributed by atoms with Gasteiger partial charge < -0.3 is 0 Å². The molecular weight excluding hydrogens is 216 g/mol. The molecule has 1 fully saturated rings. The molecule has 1 aromatic carbocycles. The minimum Gasteiger partial charge on any atom is -0.123 e. The Labute approximate surface area is 104 Å². The van der Waals surface area contributed by atoms with Crippen LogP contribution in [0.5, 0.6) is 0 Å². The van der Waals surface area contributed by atoms with E-state index in [1.807, 2.05) is 0 Å². The van der Waals surface area contributed by atoms with Gasteiger partial charge in [-0.25, -0.2) is 0 Å². The van der Waals surface area contributed by atoms with Crippen molar-refractivity contribution < 1.29 is 0 Å². The maximum atomic E-state index is 6.27. The summed E-state index contributed by atoms with van der Waals surface area (Å²) in [4.78, 5) is 0. The molecule has 0 amide bonds. The van der Waals surface area contributed by atoms with Gasteiger partial charge in [-0.05, 0) is 67.7 Å². The summed E-state index contributed by atoms with van der Waals surface area (Å²) in [5.41, 5.74) is 6.04. The second-order valence-electron chi connectivity index (χ2n) is 5.65. The van der Waals surface area contributed by atoms with Crippen LogP contribution in [0.2, 0.25) is 0 Å². The molecule has 1 heteroatoms. The van der Waals surface area contributed by atoms with E-state index in [9.17, 15) is 0 Å². The van der Waals surface area contributed by atoms with Crippen molar-refractivity contribution in [3.8, 4) is 0 Å². The summed E-state index contributed by atoms with van der Waals surface area (Å²) in [6.07, 6.45) is 3.51. The lowest BCUT2D eigenvalue weighted by molar-refractivity contribution is 0.489. The van der Waals surface area contributed by atoms with E-state index in [2.05, 4.69) is 39.8 Å². The van der Waals surface area contributed by atoms with Crippen LogP contribution in [-0.4, -0.2) is 5.38 Å². The molecule has 0 nitrogen and oxygen atoms in total. The predicted molar refractivity (Wildman–Crippen MR) is 71.5 cm³/mol. The highest BCUT2D eigenvalue weighted by Gasteiger charge is 2.36. The van der Waals surface area contributed by atoms with Crippen molar-refractivity contribution in [1.29, 1.82) is 0 Å². The van der Waals surface area contributed by atoms with Gasteiger partial charge in [0.2, 0.25) is 0 Å². The Kier molecular flexibility index (Phi) is 3.05. The van der Waals surface area contributed by atoms with Gasteiger partial charge in [0.05, 0.1) is 0 Å². The van der Waals surface area contributed by atoms with Gasteiger partial charge in [0.15, 0.2) is 0 Å². The van der Waals surface area contributed by atoms with Crippen LogP contribution in [0.4, 0.5) is 0 Å². The number of halogens is 1. The molecule has 1 aromatic rings. The first-order valence-electron chi connectivity index (χ1n) is 6.15. The molecular formula is C15H21Cl. The number of hydrogen-bond donors (Lipinski definition) is 0. The van der Waals surface area contributed by atoms with Crippen LogP contribution in [0, 0.1) is 20.8 Å². The number of alkyl halides is 1. The van der Waals surface area contributed by atoms with Crippen molar-refractivity contribution in [3.05, 3.63) is 34.4 Å². The maximum Gasteiger partial charge on any atom is 0.0344 e. The summed E-state index contributed by atoms with van der Waals surface area (Å²) in [5.74, 6) is 0. The molecule has 1 aliphatic rings. The second kappa shape index (κ2) is 4.07.